The lowest BCUT2D eigenvalue weighted by molar-refractivity contribution is -0.141. The van der Waals surface area contributed by atoms with E-state index in [0.29, 0.717) is 0 Å². The van der Waals surface area contributed by atoms with Gasteiger partial charge in [-0.1, -0.05) is 30.3 Å². The third-order valence-corrected chi connectivity index (χ3v) is 7.88. The van der Waals surface area contributed by atoms with Gasteiger partial charge in [0, 0.05) is 56.4 Å². The third kappa shape index (κ3) is 5.52. The van der Waals surface area contributed by atoms with Crippen LogP contribution >= 0.6 is 0 Å². The van der Waals surface area contributed by atoms with Crippen molar-refractivity contribution in [1.82, 2.24) is 19.8 Å². The lowest BCUT2D eigenvalue weighted by Crippen LogP contribution is -2.64. The van der Waals surface area contributed by atoms with Gasteiger partial charge in [0.05, 0.1) is 7.11 Å². The Kier molecular flexibility index (Phi) is 7.17. The number of hydrogen-bond donors (Lipinski definition) is 0. The molecule has 210 valence electrons. The molecule has 0 radical (unpaired) electrons. The highest BCUT2D eigenvalue weighted by molar-refractivity contribution is 5.90. The zero-order valence-corrected chi connectivity index (χ0v) is 22.1. The summed E-state index contributed by atoms with van der Waals surface area (Å²) in [6, 6.07) is 9.62. The van der Waals surface area contributed by atoms with Crippen molar-refractivity contribution in [2.75, 3.05) is 38.2 Å². The number of rotatable bonds is 5. The summed E-state index contributed by atoms with van der Waals surface area (Å²) in [5.74, 6) is -1.32. The Hall–Kier alpha value is -3.41. The molecule has 0 N–H and O–H groups in total. The van der Waals surface area contributed by atoms with Crippen molar-refractivity contribution < 1.29 is 32.2 Å². The number of carbonyl (C=O) groups is 2. The average molecular weight is 548 g/mol. The lowest BCUT2D eigenvalue weighted by Gasteiger charge is -2.58. The fourth-order valence-corrected chi connectivity index (χ4v) is 5.96. The number of ether oxygens (including phenoxy) is 2. The van der Waals surface area contributed by atoms with Gasteiger partial charge in [-0.2, -0.15) is 13.2 Å². The molecule has 1 aromatic carbocycles. The molecule has 2 saturated heterocycles. The number of halogens is 3. The van der Waals surface area contributed by atoms with Crippen LogP contribution in [0.25, 0.3) is 0 Å². The van der Waals surface area contributed by atoms with Crippen molar-refractivity contribution in [2.45, 2.75) is 57.6 Å². The Morgan fingerprint density at radius 2 is 1.77 bits per heavy atom. The quantitative estimate of drug-likeness (QED) is 0.520. The van der Waals surface area contributed by atoms with Crippen LogP contribution in [0, 0.1) is 5.41 Å². The summed E-state index contributed by atoms with van der Waals surface area (Å²) in [5, 5.41) is 0. The second-order valence-electron chi connectivity index (χ2n) is 11.0. The number of hydrogen-bond acceptors (Lipinski definition) is 8. The van der Waals surface area contributed by atoms with Gasteiger partial charge in [-0.25, -0.2) is 19.6 Å². The first-order chi connectivity index (χ1) is 18.5. The minimum atomic E-state index is -4.86. The van der Waals surface area contributed by atoms with Crippen LogP contribution in [0.3, 0.4) is 0 Å². The molecule has 1 saturated carbocycles. The molecular formula is C27H32F3N5O4. The van der Waals surface area contributed by atoms with E-state index < -0.39 is 29.5 Å². The van der Waals surface area contributed by atoms with Gasteiger partial charge < -0.3 is 19.3 Å². The summed E-state index contributed by atoms with van der Waals surface area (Å²) in [6.45, 7) is 6.97. The molecule has 0 unspecified atom stereocenters. The molecule has 0 bridgehead atoms. The molecule has 2 atom stereocenters. The fourth-order valence-electron chi connectivity index (χ4n) is 5.96. The standard InChI is InChI=1S/C27H32F3N5O4/c1-17-13-35(18(2)12-34(17)24-31-11-21(23(36)38-3)22(32-24)27(28,29)30)25(37)39-20-9-26(10-20)15-33(16-26)14-19-7-5-4-6-8-19/h4-8,11,17-18,20H,9-10,12-16H2,1-3H3/t17-,18+/m0/s1. The maximum absolute atomic E-state index is 13.6. The van der Waals surface area contributed by atoms with E-state index in [-0.39, 0.29) is 42.6 Å². The van der Waals surface area contributed by atoms with Crippen LogP contribution in [0.5, 0.6) is 0 Å². The molecule has 1 spiro atoms. The first-order valence-electron chi connectivity index (χ1n) is 13.0. The van der Waals surface area contributed by atoms with Crippen LogP contribution in [0.4, 0.5) is 23.9 Å². The van der Waals surface area contributed by atoms with Crippen LogP contribution in [0.1, 0.15) is 48.3 Å². The van der Waals surface area contributed by atoms with Crippen LogP contribution in [0.2, 0.25) is 0 Å². The van der Waals surface area contributed by atoms with Gasteiger partial charge in [-0.15, -0.1) is 0 Å². The van der Waals surface area contributed by atoms with Gasteiger partial charge in [0.25, 0.3) is 0 Å². The summed E-state index contributed by atoms with van der Waals surface area (Å²) < 4.78 is 51.1. The van der Waals surface area contributed by atoms with Gasteiger partial charge in [-0.05, 0) is 32.3 Å². The first-order valence-corrected chi connectivity index (χ1v) is 13.0. The minimum absolute atomic E-state index is 0.125. The molecule has 1 aliphatic carbocycles. The predicted molar refractivity (Wildman–Crippen MR) is 135 cm³/mol. The maximum atomic E-state index is 13.6. The number of esters is 1. The first kappa shape index (κ1) is 27.2. The van der Waals surface area contributed by atoms with Crippen molar-refractivity contribution in [3.63, 3.8) is 0 Å². The summed E-state index contributed by atoms with van der Waals surface area (Å²) in [6.07, 6.45) is -2.88. The Morgan fingerprint density at radius 1 is 1.08 bits per heavy atom. The van der Waals surface area contributed by atoms with Crippen LogP contribution in [0.15, 0.2) is 36.5 Å². The molecule has 3 heterocycles. The largest absolute Gasteiger partial charge is 0.465 e. The summed E-state index contributed by atoms with van der Waals surface area (Å²) in [5.41, 5.74) is -0.583. The number of piperazine rings is 1. The van der Waals surface area contributed by atoms with Gasteiger partial charge in [-0.3, -0.25) is 4.90 Å². The van der Waals surface area contributed by atoms with Crippen molar-refractivity contribution >= 4 is 18.0 Å². The molecule has 12 heteroatoms. The molecule has 39 heavy (non-hydrogen) atoms. The summed E-state index contributed by atoms with van der Waals surface area (Å²) >= 11 is 0. The van der Waals surface area contributed by atoms with E-state index in [0.717, 1.165) is 45.8 Å². The minimum Gasteiger partial charge on any atom is -0.465 e. The number of benzene rings is 1. The van der Waals surface area contributed by atoms with Gasteiger partial charge in [0.1, 0.15) is 11.7 Å². The van der Waals surface area contributed by atoms with Crippen molar-refractivity contribution in [1.29, 1.82) is 0 Å². The second-order valence-corrected chi connectivity index (χ2v) is 11.0. The Bertz CT molecular complexity index is 1210. The van der Waals surface area contributed by atoms with Crippen LogP contribution in [-0.2, 0) is 22.2 Å². The second kappa shape index (κ2) is 10.3. The third-order valence-electron chi connectivity index (χ3n) is 7.88. The highest BCUT2D eigenvalue weighted by Crippen LogP contribution is 2.50. The highest BCUT2D eigenvalue weighted by atomic mass is 19.4. The molecule has 5 rings (SSSR count). The fraction of sp³-hybridized carbons (Fsp3) is 0.556. The number of likely N-dealkylation sites (tertiary alicyclic amines) is 1. The Balaban J connectivity index is 1.15. The summed E-state index contributed by atoms with van der Waals surface area (Å²) in [7, 11) is 0.995. The molecule has 9 nitrogen and oxygen atoms in total. The smallest absolute Gasteiger partial charge is 0.434 e. The van der Waals surface area contributed by atoms with E-state index in [1.54, 1.807) is 16.7 Å². The van der Waals surface area contributed by atoms with E-state index in [1.165, 1.54) is 5.56 Å². The number of aromatic nitrogens is 2. The number of alkyl halides is 3. The zero-order chi connectivity index (χ0) is 27.9. The molecule has 3 fully saturated rings. The molecule has 2 aromatic rings. The Labute approximate surface area is 224 Å². The van der Waals surface area contributed by atoms with Gasteiger partial charge >= 0.3 is 18.2 Å². The number of carbonyl (C=O) groups excluding carboxylic acids is 2. The van der Waals surface area contributed by atoms with E-state index in [9.17, 15) is 22.8 Å². The summed E-state index contributed by atoms with van der Waals surface area (Å²) in [4.78, 5) is 38.1. The van der Waals surface area contributed by atoms with Crippen LogP contribution < -0.4 is 4.90 Å². The molecule has 2 aliphatic heterocycles. The molecule has 1 aromatic heterocycles. The number of amides is 1. The SMILES string of the molecule is COC(=O)c1cnc(N2C[C@@H](C)N(C(=O)OC3CC4(C3)CN(Cc3ccccc3)C4)C[C@@H]2C)nc1C(F)(F)F. The maximum Gasteiger partial charge on any atom is 0.434 e. The van der Waals surface area contributed by atoms with Gasteiger partial charge in [0.15, 0.2) is 5.69 Å². The van der Waals surface area contributed by atoms with E-state index in [1.807, 2.05) is 25.1 Å². The normalized spacial score (nSPS) is 23.2. The van der Waals surface area contributed by atoms with Crippen molar-refractivity contribution in [3.05, 3.63) is 53.3 Å². The van der Waals surface area contributed by atoms with Crippen molar-refractivity contribution in [3.8, 4) is 0 Å². The number of nitrogens with zero attached hydrogens (tertiary/aromatic N) is 5. The monoisotopic (exact) mass is 547 g/mol. The number of methoxy groups -OCH3 is 1. The molecule has 1 amide bonds. The predicted octanol–water partition coefficient (Wildman–Crippen LogP) is 3.98. The van der Waals surface area contributed by atoms with Gasteiger partial charge in [0.2, 0.25) is 5.95 Å². The lowest BCUT2D eigenvalue weighted by atomic mass is 9.61. The zero-order valence-electron chi connectivity index (χ0n) is 22.1. The van der Waals surface area contributed by atoms with Crippen molar-refractivity contribution in [2.24, 2.45) is 5.41 Å². The highest BCUT2D eigenvalue weighted by Gasteiger charge is 2.54. The van der Waals surface area contributed by atoms with E-state index in [2.05, 4.69) is 31.7 Å². The van der Waals surface area contributed by atoms with Crippen LogP contribution in [-0.4, -0.2) is 83.3 Å². The molecule has 3 aliphatic rings. The Morgan fingerprint density at radius 3 is 2.41 bits per heavy atom. The van der Waals surface area contributed by atoms with E-state index >= 15 is 0 Å². The number of anilines is 1. The topological polar surface area (TPSA) is 88.1 Å². The average Bonchev–Trinajstić information content (AvgIpc) is 2.86. The molecular weight excluding hydrogens is 515 g/mol. The van der Waals surface area contributed by atoms with E-state index in [4.69, 9.17) is 4.74 Å².